The van der Waals surface area contributed by atoms with Gasteiger partial charge >= 0.3 is 0 Å². The number of halogens is 1. The number of hydrogen-bond acceptors (Lipinski definition) is 0. The second-order valence-electron chi connectivity index (χ2n) is 7.19. The summed E-state index contributed by atoms with van der Waals surface area (Å²) in [6.07, 6.45) is 0. The Bertz CT molecular complexity index is 1140. The molecule has 0 spiro atoms. The van der Waals surface area contributed by atoms with Gasteiger partial charge in [-0.05, 0) is 56.6 Å². The average Bonchev–Trinajstić information content (AvgIpc) is 2.82. The highest BCUT2D eigenvalue weighted by molar-refractivity contribution is 6.36. The Hall–Kier alpha value is -2.31. The van der Waals surface area contributed by atoms with Crippen LogP contribution in [0.25, 0.3) is 32.7 Å². The van der Waals surface area contributed by atoms with Crippen molar-refractivity contribution in [3.05, 3.63) is 82.9 Å². The SMILES string of the molecule is CC1(C)c2ccccc2-c2cc3c(ccc4c(Cl)cccc43)cc21. The fourth-order valence-electron chi connectivity index (χ4n) is 4.25. The zero-order valence-corrected chi connectivity index (χ0v) is 14.5. The third kappa shape index (κ3) is 1.70. The van der Waals surface area contributed by atoms with Crippen LogP contribution in [0.15, 0.2) is 66.7 Å². The summed E-state index contributed by atoms with van der Waals surface area (Å²) in [5.41, 5.74) is 5.59. The lowest BCUT2D eigenvalue weighted by Gasteiger charge is -2.21. The molecule has 0 saturated carbocycles. The summed E-state index contributed by atoms with van der Waals surface area (Å²) in [5.74, 6) is 0. The van der Waals surface area contributed by atoms with Gasteiger partial charge in [-0.15, -0.1) is 0 Å². The highest BCUT2D eigenvalue weighted by atomic mass is 35.5. The first-order valence-corrected chi connectivity index (χ1v) is 8.70. The van der Waals surface area contributed by atoms with Crippen LogP contribution >= 0.6 is 11.6 Å². The van der Waals surface area contributed by atoms with Gasteiger partial charge in [0.2, 0.25) is 0 Å². The van der Waals surface area contributed by atoms with Gasteiger partial charge in [-0.1, -0.05) is 74.0 Å². The van der Waals surface area contributed by atoms with Crippen molar-refractivity contribution in [1.29, 1.82) is 0 Å². The van der Waals surface area contributed by atoms with Gasteiger partial charge < -0.3 is 0 Å². The molecule has 1 aliphatic rings. The Labute approximate surface area is 146 Å². The number of hydrogen-bond donors (Lipinski definition) is 0. The Morgan fingerprint density at radius 1 is 0.667 bits per heavy atom. The van der Waals surface area contributed by atoms with Gasteiger partial charge in [0.25, 0.3) is 0 Å². The van der Waals surface area contributed by atoms with Crippen LogP contribution in [0.2, 0.25) is 5.02 Å². The lowest BCUT2D eigenvalue weighted by atomic mass is 9.82. The first-order valence-electron chi connectivity index (χ1n) is 8.33. The molecule has 0 radical (unpaired) electrons. The fraction of sp³-hybridized carbons (Fsp3) is 0.130. The van der Waals surface area contributed by atoms with E-state index in [1.165, 1.54) is 38.4 Å². The molecule has 0 bridgehead atoms. The Morgan fingerprint density at radius 2 is 1.50 bits per heavy atom. The van der Waals surface area contributed by atoms with Crippen molar-refractivity contribution in [2.45, 2.75) is 19.3 Å². The van der Waals surface area contributed by atoms with Crippen LogP contribution in [0.5, 0.6) is 0 Å². The van der Waals surface area contributed by atoms with Crippen molar-refractivity contribution >= 4 is 33.1 Å². The van der Waals surface area contributed by atoms with E-state index in [1.54, 1.807) is 0 Å². The predicted octanol–water partition coefficient (Wildman–Crippen LogP) is 6.95. The van der Waals surface area contributed by atoms with E-state index in [-0.39, 0.29) is 5.41 Å². The lowest BCUT2D eigenvalue weighted by Crippen LogP contribution is -2.14. The minimum absolute atomic E-state index is 0.0450. The van der Waals surface area contributed by atoms with E-state index in [0.717, 1.165) is 10.4 Å². The summed E-state index contributed by atoms with van der Waals surface area (Å²) in [5, 5.41) is 5.73. The Kier molecular flexibility index (Phi) is 2.71. The van der Waals surface area contributed by atoms with E-state index in [9.17, 15) is 0 Å². The van der Waals surface area contributed by atoms with Gasteiger partial charge in [-0.25, -0.2) is 0 Å². The van der Waals surface area contributed by atoms with E-state index in [1.807, 2.05) is 12.1 Å². The molecule has 4 aromatic rings. The van der Waals surface area contributed by atoms with Crippen molar-refractivity contribution in [2.75, 3.05) is 0 Å². The van der Waals surface area contributed by atoms with Gasteiger partial charge in [0, 0.05) is 15.8 Å². The summed E-state index contributed by atoms with van der Waals surface area (Å²) >= 11 is 6.40. The third-order valence-electron chi connectivity index (χ3n) is 5.53. The summed E-state index contributed by atoms with van der Waals surface area (Å²) in [6.45, 7) is 4.64. The second kappa shape index (κ2) is 4.62. The predicted molar refractivity (Wildman–Crippen MR) is 104 cm³/mol. The standard InChI is InChI=1S/C23H17Cl/c1-23(2)20-8-4-3-6-16(20)19-13-18-14(12-21(19)23)10-11-17-15(18)7-5-9-22(17)24/h3-13H,1-2H3. The molecular weight excluding hydrogens is 312 g/mol. The molecule has 0 heterocycles. The second-order valence-corrected chi connectivity index (χ2v) is 7.60. The van der Waals surface area contributed by atoms with Gasteiger partial charge in [-0.2, -0.15) is 0 Å². The van der Waals surface area contributed by atoms with E-state index in [4.69, 9.17) is 11.6 Å². The van der Waals surface area contributed by atoms with Crippen LogP contribution in [0.3, 0.4) is 0 Å². The molecule has 5 rings (SSSR count). The maximum atomic E-state index is 6.40. The van der Waals surface area contributed by atoms with E-state index in [2.05, 4.69) is 68.4 Å². The summed E-state index contributed by atoms with van der Waals surface area (Å²) in [6, 6.07) is 24.0. The van der Waals surface area contributed by atoms with Crippen molar-refractivity contribution in [2.24, 2.45) is 0 Å². The van der Waals surface area contributed by atoms with Crippen LogP contribution in [0, 0.1) is 0 Å². The first-order chi connectivity index (χ1) is 11.6. The monoisotopic (exact) mass is 328 g/mol. The van der Waals surface area contributed by atoms with Gasteiger partial charge in [0.15, 0.2) is 0 Å². The molecule has 0 atom stereocenters. The molecule has 1 aliphatic carbocycles. The maximum Gasteiger partial charge on any atom is 0.0484 e. The fourth-order valence-corrected chi connectivity index (χ4v) is 4.49. The van der Waals surface area contributed by atoms with Crippen LogP contribution in [0.1, 0.15) is 25.0 Å². The molecule has 0 aromatic heterocycles. The molecule has 0 aliphatic heterocycles. The molecule has 0 nitrogen and oxygen atoms in total. The minimum Gasteiger partial charge on any atom is -0.0837 e. The molecule has 0 amide bonds. The smallest absolute Gasteiger partial charge is 0.0484 e. The summed E-state index contributed by atoms with van der Waals surface area (Å²) in [4.78, 5) is 0. The van der Waals surface area contributed by atoms with Crippen molar-refractivity contribution < 1.29 is 0 Å². The number of rotatable bonds is 0. The Morgan fingerprint density at radius 3 is 2.38 bits per heavy atom. The van der Waals surface area contributed by atoms with E-state index in [0.29, 0.717) is 0 Å². The zero-order valence-electron chi connectivity index (χ0n) is 13.7. The molecule has 0 fully saturated rings. The quantitative estimate of drug-likeness (QED) is 0.306. The minimum atomic E-state index is 0.0450. The average molecular weight is 329 g/mol. The van der Waals surface area contributed by atoms with E-state index >= 15 is 0 Å². The van der Waals surface area contributed by atoms with Gasteiger partial charge in [-0.3, -0.25) is 0 Å². The highest BCUT2D eigenvalue weighted by Crippen LogP contribution is 2.50. The van der Waals surface area contributed by atoms with Crippen molar-refractivity contribution in [1.82, 2.24) is 0 Å². The first kappa shape index (κ1) is 14.1. The zero-order chi connectivity index (χ0) is 16.5. The van der Waals surface area contributed by atoms with Gasteiger partial charge in [0.1, 0.15) is 0 Å². The van der Waals surface area contributed by atoms with Crippen molar-refractivity contribution in [3.8, 4) is 11.1 Å². The van der Waals surface area contributed by atoms with Gasteiger partial charge in [0.05, 0.1) is 0 Å². The molecule has 1 heteroatoms. The third-order valence-corrected chi connectivity index (χ3v) is 5.86. The Balaban J connectivity index is 1.95. The molecule has 0 N–H and O–H groups in total. The molecule has 0 unspecified atom stereocenters. The lowest BCUT2D eigenvalue weighted by molar-refractivity contribution is 0.661. The maximum absolute atomic E-state index is 6.40. The highest BCUT2D eigenvalue weighted by Gasteiger charge is 2.35. The van der Waals surface area contributed by atoms with E-state index < -0.39 is 0 Å². The molecule has 0 saturated heterocycles. The number of fused-ring (bicyclic) bond motifs is 6. The van der Waals surface area contributed by atoms with Crippen molar-refractivity contribution in [3.63, 3.8) is 0 Å². The van der Waals surface area contributed by atoms with Crippen LogP contribution in [0.4, 0.5) is 0 Å². The summed E-state index contributed by atoms with van der Waals surface area (Å²) < 4.78 is 0. The molecule has 116 valence electrons. The topological polar surface area (TPSA) is 0 Å². The number of benzene rings is 4. The van der Waals surface area contributed by atoms with Crippen LogP contribution < -0.4 is 0 Å². The molecule has 4 aromatic carbocycles. The van der Waals surface area contributed by atoms with Crippen LogP contribution in [-0.4, -0.2) is 0 Å². The normalized spacial score (nSPS) is 14.8. The molecular formula is C23H17Cl. The summed E-state index contributed by atoms with van der Waals surface area (Å²) in [7, 11) is 0. The molecule has 24 heavy (non-hydrogen) atoms. The van der Waals surface area contributed by atoms with Crippen LogP contribution in [-0.2, 0) is 5.41 Å². The largest absolute Gasteiger partial charge is 0.0837 e.